The highest BCUT2D eigenvalue weighted by molar-refractivity contribution is 5.92. The van der Waals surface area contributed by atoms with Crippen molar-refractivity contribution in [3.63, 3.8) is 0 Å². The SMILES string of the molecule is CC(=O)CCCCCCCCCCCCCc1cc(O)cc(O)c1C(=O)O. The van der Waals surface area contributed by atoms with Crippen LogP contribution in [0.3, 0.4) is 0 Å². The van der Waals surface area contributed by atoms with Crippen LogP contribution in [0.2, 0.25) is 0 Å². The van der Waals surface area contributed by atoms with Crippen molar-refractivity contribution in [3.8, 4) is 11.5 Å². The van der Waals surface area contributed by atoms with Gasteiger partial charge in [0.15, 0.2) is 0 Å². The molecule has 0 amide bonds. The number of rotatable bonds is 15. The number of hydrogen-bond acceptors (Lipinski definition) is 4. The summed E-state index contributed by atoms with van der Waals surface area (Å²) in [6.45, 7) is 1.65. The number of carboxylic acids is 1. The van der Waals surface area contributed by atoms with E-state index in [1.54, 1.807) is 6.92 Å². The first-order chi connectivity index (χ1) is 12.9. The maximum absolute atomic E-state index is 11.2. The molecule has 1 aromatic rings. The fourth-order valence-electron chi connectivity index (χ4n) is 3.39. The third kappa shape index (κ3) is 10.0. The van der Waals surface area contributed by atoms with Crippen molar-refractivity contribution in [3.05, 3.63) is 23.3 Å². The highest BCUT2D eigenvalue weighted by atomic mass is 16.4. The number of aryl methyl sites for hydroxylation is 1. The van der Waals surface area contributed by atoms with E-state index in [9.17, 15) is 24.9 Å². The van der Waals surface area contributed by atoms with E-state index in [2.05, 4.69) is 0 Å². The first-order valence-electron chi connectivity index (χ1n) is 10.2. The Bertz CT molecular complexity index is 595. The zero-order valence-corrected chi connectivity index (χ0v) is 16.5. The molecule has 0 radical (unpaired) electrons. The molecule has 0 heterocycles. The second kappa shape index (κ2) is 13.2. The summed E-state index contributed by atoms with van der Waals surface area (Å²) in [4.78, 5) is 22.1. The topological polar surface area (TPSA) is 94.8 Å². The van der Waals surface area contributed by atoms with E-state index < -0.39 is 5.97 Å². The summed E-state index contributed by atoms with van der Waals surface area (Å²) in [6, 6.07) is 2.50. The standard InChI is InChI=1S/C22H34O5/c1-17(23)13-11-9-7-5-3-2-4-6-8-10-12-14-18-15-19(24)16-20(25)21(18)22(26)27/h15-16,24-25H,2-14H2,1H3,(H,26,27). The Morgan fingerprint density at radius 3 is 1.74 bits per heavy atom. The fraction of sp³-hybridized carbons (Fsp3) is 0.636. The third-order valence-electron chi connectivity index (χ3n) is 4.87. The second-order valence-electron chi connectivity index (χ2n) is 7.40. The fourth-order valence-corrected chi connectivity index (χ4v) is 3.39. The molecule has 27 heavy (non-hydrogen) atoms. The van der Waals surface area contributed by atoms with Crippen LogP contribution in [0.15, 0.2) is 12.1 Å². The van der Waals surface area contributed by atoms with Crippen molar-refractivity contribution in [2.45, 2.75) is 90.4 Å². The number of unbranched alkanes of at least 4 members (excludes halogenated alkanes) is 10. The van der Waals surface area contributed by atoms with Gasteiger partial charge in [0.1, 0.15) is 22.8 Å². The molecular formula is C22H34O5. The third-order valence-corrected chi connectivity index (χ3v) is 4.87. The number of aromatic hydroxyl groups is 2. The molecule has 1 aromatic carbocycles. The monoisotopic (exact) mass is 378 g/mol. The molecule has 0 saturated heterocycles. The molecule has 0 aliphatic heterocycles. The van der Waals surface area contributed by atoms with Crippen LogP contribution in [0.25, 0.3) is 0 Å². The highest BCUT2D eigenvalue weighted by Gasteiger charge is 2.16. The summed E-state index contributed by atoms with van der Waals surface area (Å²) in [5, 5.41) is 28.4. The van der Waals surface area contributed by atoms with Crippen LogP contribution >= 0.6 is 0 Å². The first-order valence-corrected chi connectivity index (χ1v) is 10.2. The molecule has 0 aliphatic rings. The number of carbonyl (C=O) groups is 2. The molecule has 5 heteroatoms. The molecule has 0 unspecified atom stereocenters. The van der Waals surface area contributed by atoms with Crippen molar-refractivity contribution in [1.82, 2.24) is 0 Å². The largest absolute Gasteiger partial charge is 0.508 e. The van der Waals surface area contributed by atoms with Crippen molar-refractivity contribution in [2.24, 2.45) is 0 Å². The number of benzene rings is 1. The van der Waals surface area contributed by atoms with Crippen molar-refractivity contribution >= 4 is 11.8 Å². The van der Waals surface area contributed by atoms with E-state index in [4.69, 9.17) is 0 Å². The molecule has 0 bridgehead atoms. The second-order valence-corrected chi connectivity index (χ2v) is 7.40. The summed E-state index contributed by atoms with van der Waals surface area (Å²) >= 11 is 0. The van der Waals surface area contributed by atoms with Crippen LogP contribution < -0.4 is 0 Å². The zero-order valence-electron chi connectivity index (χ0n) is 16.5. The maximum atomic E-state index is 11.2. The minimum Gasteiger partial charge on any atom is -0.508 e. The van der Waals surface area contributed by atoms with E-state index >= 15 is 0 Å². The predicted octanol–water partition coefficient (Wildman–Crippen LogP) is 5.61. The summed E-state index contributed by atoms with van der Waals surface area (Å²) in [6.07, 6.45) is 13.8. The Hall–Kier alpha value is -2.04. The van der Waals surface area contributed by atoms with Gasteiger partial charge in [-0.1, -0.05) is 57.8 Å². The minimum atomic E-state index is -1.16. The molecular weight excluding hydrogens is 344 g/mol. The van der Waals surface area contributed by atoms with Crippen molar-refractivity contribution in [2.75, 3.05) is 0 Å². The predicted molar refractivity (Wildman–Crippen MR) is 107 cm³/mol. The van der Waals surface area contributed by atoms with Crippen LogP contribution in [0.1, 0.15) is 99.9 Å². The Morgan fingerprint density at radius 1 is 0.778 bits per heavy atom. The average molecular weight is 379 g/mol. The van der Waals surface area contributed by atoms with E-state index in [0.29, 0.717) is 12.0 Å². The smallest absolute Gasteiger partial charge is 0.339 e. The zero-order chi connectivity index (χ0) is 20.1. The lowest BCUT2D eigenvalue weighted by Gasteiger charge is -2.09. The van der Waals surface area contributed by atoms with Crippen LogP contribution in [0.4, 0.5) is 0 Å². The van der Waals surface area contributed by atoms with Gasteiger partial charge in [0, 0.05) is 12.5 Å². The van der Waals surface area contributed by atoms with Gasteiger partial charge in [-0.25, -0.2) is 4.79 Å². The number of phenols is 2. The number of hydrogen-bond donors (Lipinski definition) is 3. The molecule has 0 atom stereocenters. The molecule has 0 saturated carbocycles. The Morgan fingerprint density at radius 2 is 1.26 bits per heavy atom. The first kappa shape index (κ1) is 23.0. The van der Waals surface area contributed by atoms with Gasteiger partial charge < -0.3 is 20.1 Å². The maximum Gasteiger partial charge on any atom is 0.339 e. The van der Waals surface area contributed by atoms with Gasteiger partial charge in [-0.3, -0.25) is 0 Å². The number of aromatic carboxylic acids is 1. The lowest BCUT2D eigenvalue weighted by Crippen LogP contribution is -2.03. The van der Waals surface area contributed by atoms with Gasteiger partial charge in [0.25, 0.3) is 0 Å². The van der Waals surface area contributed by atoms with Gasteiger partial charge in [-0.2, -0.15) is 0 Å². The summed E-state index contributed by atoms with van der Waals surface area (Å²) in [5.74, 6) is -1.36. The minimum absolute atomic E-state index is 0.101. The van der Waals surface area contributed by atoms with E-state index in [1.807, 2.05) is 0 Å². The average Bonchev–Trinajstić information content (AvgIpc) is 2.57. The molecule has 1 rings (SSSR count). The number of carboxylic acid groups (broad SMARTS) is 1. The Labute approximate surface area is 162 Å². The Kier molecular flexibility index (Phi) is 11.2. The molecule has 0 spiro atoms. The van der Waals surface area contributed by atoms with Gasteiger partial charge in [0.2, 0.25) is 0 Å². The van der Waals surface area contributed by atoms with E-state index in [0.717, 1.165) is 44.6 Å². The van der Waals surface area contributed by atoms with Gasteiger partial charge >= 0.3 is 5.97 Å². The highest BCUT2D eigenvalue weighted by Crippen LogP contribution is 2.28. The van der Waals surface area contributed by atoms with Crippen molar-refractivity contribution < 1.29 is 24.9 Å². The molecule has 0 fully saturated rings. The molecule has 0 aliphatic carbocycles. The van der Waals surface area contributed by atoms with E-state index in [1.165, 1.54) is 44.6 Å². The quantitative estimate of drug-likeness (QED) is 0.345. The summed E-state index contributed by atoms with van der Waals surface area (Å²) < 4.78 is 0. The van der Waals surface area contributed by atoms with Gasteiger partial charge in [-0.05, 0) is 37.8 Å². The molecule has 152 valence electrons. The lowest BCUT2D eigenvalue weighted by atomic mass is 9.99. The number of carbonyl (C=O) groups excluding carboxylic acids is 1. The van der Waals surface area contributed by atoms with Crippen LogP contribution in [-0.4, -0.2) is 27.1 Å². The summed E-state index contributed by atoms with van der Waals surface area (Å²) in [7, 11) is 0. The summed E-state index contributed by atoms with van der Waals surface area (Å²) in [5.41, 5.74) is 0.390. The molecule has 3 N–H and O–H groups in total. The van der Waals surface area contributed by atoms with Gasteiger partial charge in [-0.15, -0.1) is 0 Å². The number of phenolic OH excluding ortho intramolecular Hbond substituents is 1. The Balaban J connectivity index is 2.07. The lowest BCUT2D eigenvalue weighted by molar-refractivity contribution is -0.117. The normalized spacial score (nSPS) is 10.9. The molecule has 5 nitrogen and oxygen atoms in total. The number of Topliss-reactive ketones (excluding diaryl/α,β-unsaturated/α-hetero) is 1. The van der Waals surface area contributed by atoms with E-state index in [-0.39, 0.29) is 22.8 Å². The van der Waals surface area contributed by atoms with Crippen LogP contribution in [-0.2, 0) is 11.2 Å². The van der Waals surface area contributed by atoms with Crippen LogP contribution in [0, 0.1) is 0 Å². The van der Waals surface area contributed by atoms with Crippen LogP contribution in [0.5, 0.6) is 11.5 Å². The number of ketones is 1. The van der Waals surface area contributed by atoms with Gasteiger partial charge in [0.05, 0.1) is 0 Å². The van der Waals surface area contributed by atoms with Crippen molar-refractivity contribution in [1.29, 1.82) is 0 Å². The molecule has 0 aromatic heterocycles.